The minimum atomic E-state index is -0.166. The van der Waals surface area contributed by atoms with E-state index in [2.05, 4.69) is 43.4 Å². The molecule has 1 unspecified atom stereocenters. The summed E-state index contributed by atoms with van der Waals surface area (Å²) in [5.74, 6) is -0.166. The van der Waals surface area contributed by atoms with E-state index >= 15 is 0 Å². The van der Waals surface area contributed by atoms with E-state index in [0.717, 1.165) is 24.9 Å². The number of benzene rings is 2. The molecule has 20 heavy (non-hydrogen) atoms. The number of aryl methyl sites for hydroxylation is 2. The monoisotopic (exact) mass is 271 g/mol. The minimum absolute atomic E-state index is 0.166. The fraction of sp³-hybridized carbons (Fsp3) is 0.333. The van der Waals surface area contributed by atoms with Gasteiger partial charge in [0.15, 0.2) is 0 Å². The van der Waals surface area contributed by atoms with E-state index in [4.69, 9.17) is 0 Å². The fourth-order valence-corrected chi connectivity index (χ4v) is 2.42. The number of nitrogens with one attached hydrogen (secondary N) is 1. The summed E-state index contributed by atoms with van der Waals surface area (Å²) in [5.41, 5.74) is 3.64. The summed E-state index contributed by atoms with van der Waals surface area (Å²) in [5, 5.41) is 3.44. The highest BCUT2D eigenvalue weighted by molar-refractivity contribution is 5.23. The van der Waals surface area contributed by atoms with Crippen LogP contribution in [-0.4, -0.2) is 6.54 Å². The van der Waals surface area contributed by atoms with Gasteiger partial charge in [0.05, 0.1) is 0 Å². The molecule has 0 saturated carbocycles. The van der Waals surface area contributed by atoms with Crippen molar-refractivity contribution in [1.82, 2.24) is 5.32 Å². The first-order valence-electron chi connectivity index (χ1n) is 7.23. The SMILES string of the molecule is CCNC(CCc1ccc(C)cc1)c1cccc(F)c1. The van der Waals surface area contributed by atoms with Crippen LogP contribution < -0.4 is 5.32 Å². The molecule has 2 aromatic carbocycles. The molecular weight excluding hydrogens is 249 g/mol. The maximum atomic E-state index is 13.3. The summed E-state index contributed by atoms with van der Waals surface area (Å²) >= 11 is 0. The number of hydrogen-bond acceptors (Lipinski definition) is 1. The molecule has 1 N–H and O–H groups in total. The van der Waals surface area contributed by atoms with Gasteiger partial charge in [-0.2, -0.15) is 0 Å². The van der Waals surface area contributed by atoms with Gasteiger partial charge in [-0.05, 0) is 49.6 Å². The van der Waals surface area contributed by atoms with Gasteiger partial charge in [0.25, 0.3) is 0 Å². The molecule has 2 aromatic rings. The van der Waals surface area contributed by atoms with Crippen LogP contribution in [0.3, 0.4) is 0 Å². The van der Waals surface area contributed by atoms with Crippen molar-refractivity contribution in [2.75, 3.05) is 6.54 Å². The van der Waals surface area contributed by atoms with Crippen LogP contribution in [0.4, 0.5) is 4.39 Å². The zero-order chi connectivity index (χ0) is 14.4. The normalized spacial score (nSPS) is 12.3. The van der Waals surface area contributed by atoms with Gasteiger partial charge in [0.1, 0.15) is 5.82 Å². The number of halogens is 1. The van der Waals surface area contributed by atoms with E-state index in [1.165, 1.54) is 17.2 Å². The Morgan fingerprint density at radius 2 is 1.85 bits per heavy atom. The largest absolute Gasteiger partial charge is 0.310 e. The standard InChI is InChI=1S/C18H22FN/c1-3-20-18(16-5-4-6-17(19)13-16)12-11-15-9-7-14(2)8-10-15/h4-10,13,18,20H,3,11-12H2,1-2H3. The average molecular weight is 271 g/mol. The van der Waals surface area contributed by atoms with Crippen LogP contribution in [0.5, 0.6) is 0 Å². The van der Waals surface area contributed by atoms with Gasteiger partial charge >= 0.3 is 0 Å². The summed E-state index contributed by atoms with van der Waals surface area (Å²) in [4.78, 5) is 0. The molecule has 0 radical (unpaired) electrons. The van der Waals surface area contributed by atoms with E-state index < -0.39 is 0 Å². The van der Waals surface area contributed by atoms with Crippen molar-refractivity contribution in [3.05, 3.63) is 71.0 Å². The molecule has 2 rings (SSSR count). The third-order valence-electron chi connectivity index (χ3n) is 3.54. The second-order valence-electron chi connectivity index (χ2n) is 5.19. The molecule has 0 aromatic heterocycles. The fourth-order valence-electron chi connectivity index (χ4n) is 2.42. The molecule has 0 aliphatic heterocycles. The van der Waals surface area contributed by atoms with Crippen molar-refractivity contribution in [3.8, 4) is 0 Å². The van der Waals surface area contributed by atoms with E-state index in [0.29, 0.717) is 0 Å². The molecule has 0 bridgehead atoms. The molecule has 0 spiro atoms. The first-order valence-corrected chi connectivity index (χ1v) is 7.23. The van der Waals surface area contributed by atoms with Gasteiger partial charge in [-0.25, -0.2) is 4.39 Å². The Morgan fingerprint density at radius 3 is 2.50 bits per heavy atom. The summed E-state index contributed by atoms with van der Waals surface area (Å²) in [7, 11) is 0. The van der Waals surface area contributed by atoms with Gasteiger partial charge in [0, 0.05) is 6.04 Å². The van der Waals surface area contributed by atoms with Crippen molar-refractivity contribution >= 4 is 0 Å². The lowest BCUT2D eigenvalue weighted by Crippen LogP contribution is -2.21. The highest BCUT2D eigenvalue weighted by Gasteiger charge is 2.11. The van der Waals surface area contributed by atoms with Gasteiger partial charge in [-0.3, -0.25) is 0 Å². The van der Waals surface area contributed by atoms with E-state index in [1.54, 1.807) is 12.1 Å². The van der Waals surface area contributed by atoms with Crippen molar-refractivity contribution in [2.45, 2.75) is 32.7 Å². The lowest BCUT2D eigenvalue weighted by Gasteiger charge is -2.18. The summed E-state index contributed by atoms with van der Waals surface area (Å²) < 4.78 is 13.3. The summed E-state index contributed by atoms with van der Waals surface area (Å²) in [6, 6.07) is 15.7. The van der Waals surface area contributed by atoms with Gasteiger partial charge in [-0.1, -0.05) is 48.9 Å². The van der Waals surface area contributed by atoms with Crippen LogP contribution in [0.25, 0.3) is 0 Å². The van der Waals surface area contributed by atoms with E-state index in [-0.39, 0.29) is 11.9 Å². The number of rotatable bonds is 6. The Labute approximate surface area is 120 Å². The van der Waals surface area contributed by atoms with Gasteiger partial charge in [-0.15, -0.1) is 0 Å². The zero-order valence-electron chi connectivity index (χ0n) is 12.2. The molecule has 0 aliphatic rings. The summed E-state index contributed by atoms with van der Waals surface area (Å²) in [6.45, 7) is 5.06. The first kappa shape index (κ1) is 14.7. The molecule has 1 nitrogen and oxygen atoms in total. The molecule has 2 heteroatoms. The molecule has 1 atom stereocenters. The van der Waals surface area contributed by atoms with Crippen molar-refractivity contribution in [3.63, 3.8) is 0 Å². The highest BCUT2D eigenvalue weighted by atomic mass is 19.1. The summed E-state index contributed by atoms with van der Waals surface area (Å²) in [6.07, 6.45) is 1.97. The van der Waals surface area contributed by atoms with Crippen LogP contribution in [0, 0.1) is 12.7 Å². The lowest BCUT2D eigenvalue weighted by molar-refractivity contribution is 0.511. The smallest absolute Gasteiger partial charge is 0.123 e. The van der Waals surface area contributed by atoms with Crippen molar-refractivity contribution in [2.24, 2.45) is 0 Å². The van der Waals surface area contributed by atoms with Gasteiger partial charge in [0.2, 0.25) is 0 Å². The Hall–Kier alpha value is -1.67. The maximum Gasteiger partial charge on any atom is 0.123 e. The van der Waals surface area contributed by atoms with Crippen LogP contribution in [0.2, 0.25) is 0 Å². The van der Waals surface area contributed by atoms with Crippen LogP contribution in [-0.2, 0) is 6.42 Å². The molecule has 0 heterocycles. The Balaban J connectivity index is 2.04. The minimum Gasteiger partial charge on any atom is -0.310 e. The quantitative estimate of drug-likeness (QED) is 0.820. The third kappa shape index (κ3) is 4.17. The van der Waals surface area contributed by atoms with E-state index in [1.807, 2.05) is 6.07 Å². The third-order valence-corrected chi connectivity index (χ3v) is 3.54. The zero-order valence-corrected chi connectivity index (χ0v) is 12.2. The molecular formula is C18H22FN. The predicted molar refractivity (Wildman–Crippen MR) is 82.3 cm³/mol. The van der Waals surface area contributed by atoms with Crippen LogP contribution in [0.1, 0.15) is 36.1 Å². The Kier molecular flexibility index (Phi) is 5.31. The van der Waals surface area contributed by atoms with Crippen LogP contribution in [0.15, 0.2) is 48.5 Å². The predicted octanol–water partition coefficient (Wildman–Crippen LogP) is 4.42. The van der Waals surface area contributed by atoms with Crippen molar-refractivity contribution < 1.29 is 4.39 Å². The van der Waals surface area contributed by atoms with Crippen LogP contribution >= 0.6 is 0 Å². The number of hydrogen-bond donors (Lipinski definition) is 1. The molecule has 0 saturated heterocycles. The molecule has 0 fully saturated rings. The maximum absolute atomic E-state index is 13.3. The second-order valence-corrected chi connectivity index (χ2v) is 5.19. The second kappa shape index (κ2) is 7.20. The molecule has 0 aliphatic carbocycles. The Bertz CT molecular complexity index is 533. The topological polar surface area (TPSA) is 12.0 Å². The average Bonchev–Trinajstić information content (AvgIpc) is 2.45. The van der Waals surface area contributed by atoms with Gasteiger partial charge < -0.3 is 5.32 Å². The van der Waals surface area contributed by atoms with Crippen molar-refractivity contribution in [1.29, 1.82) is 0 Å². The first-order chi connectivity index (χ1) is 9.69. The Morgan fingerprint density at radius 1 is 1.10 bits per heavy atom. The lowest BCUT2D eigenvalue weighted by atomic mass is 9.98. The highest BCUT2D eigenvalue weighted by Crippen LogP contribution is 2.20. The molecule has 106 valence electrons. The van der Waals surface area contributed by atoms with E-state index in [9.17, 15) is 4.39 Å². The molecule has 0 amide bonds.